The lowest BCUT2D eigenvalue weighted by Crippen LogP contribution is -2.15. The highest BCUT2D eigenvalue weighted by Crippen LogP contribution is 2.26. The fourth-order valence-corrected chi connectivity index (χ4v) is 2.32. The fraction of sp³-hybridized carbons (Fsp3) is 0.267. The van der Waals surface area contributed by atoms with E-state index in [1.54, 1.807) is 23.5 Å². The Balaban J connectivity index is 1.73. The predicted molar refractivity (Wildman–Crippen MR) is 84.4 cm³/mol. The maximum atomic E-state index is 12.1. The second-order valence-electron chi connectivity index (χ2n) is 5.24. The Morgan fingerprint density at radius 3 is 2.65 bits per heavy atom. The lowest BCUT2D eigenvalue weighted by molar-refractivity contribution is -0.116. The van der Waals surface area contributed by atoms with Crippen molar-refractivity contribution < 1.29 is 4.79 Å². The van der Waals surface area contributed by atoms with Crippen LogP contribution in [-0.2, 0) is 18.4 Å². The maximum Gasteiger partial charge on any atom is 0.226 e. The van der Waals surface area contributed by atoms with Gasteiger partial charge in [-0.15, -0.1) is 20.4 Å². The van der Waals surface area contributed by atoms with E-state index < -0.39 is 0 Å². The van der Waals surface area contributed by atoms with Crippen molar-refractivity contribution in [2.45, 2.75) is 19.9 Å². The Morgan fingerprint density at radius 2 is 1.96 bits per heavy atom. The quantitative estimate of drug-likeness (QED) is 0.769. The van der Waals surface area contributed by atoms with Gasteiger partial charge < -0.3 is 14.5 Å². The summed E-state index contributed by atoms with van der Waals surface area (Å²) >= 11 is 0. The van der Waals surface area contributed by atoms with Crippen LogP contribution in [0.15, 0.2) is 37.2 Å². The highest BCUT2D eigenvalue weighted by atomic mass is 16.1. The summed E-state index contributed by atoms with van der Waals surface area (Å²) in [4.78, 5) is 12.1. The molecule has 0 aliphatic carbocycles. The summed E-state index contributed by atoms with van der Waals surface area (Å²) in [7, 11) is 1.89. The second kappa shape index (κ2) is 6.39. The van der Waals surface area contributed by atoms with Crippen LogP contribution in [0.25, 0.3) is 11.4 Å². The van der Waals surface area contributed by atoms with Crippen LogP contribution in [0.5, 0.6) is 0 Å². The number of hydrogen-bond donors (Lipinski definition) is 1. The van der Waals surface area contributed by atoms with E-state index in [2.05, 4.69) is 25.7 Å². The van der Waals surface area contributed by atoms with Crippen LogP contribution in [0.3, 0.4) is 0 Å². The molecule has 0 atom stereocenters. The molecule has 0 saturated carbocycles. The predicted octanol–water partition coefficient (Wildman–Crippen LogP) is 1.41. The van der Waals surface area contributed by atoms with Crippen molar-refractivity contribution in [3.8, 4) is 11.4 Å². The van der Waals surface area contributed by atoms with Crippen LogP contribution in [0.2, 0.25) is 0 Å². The molecule has 0 radical (unpaired) electrons. The monoisotopic (exact) mass is 311 g/mol. The van der Waals surface area contributed by atoms with Crippen LogP contribution in [0.4, 0.5) is 5.69 Å². The largest absolute Gasteiger partial charge is 0.326 e. The van der Waals surface area contributed by atoms with Crippen molar-refractivity contribution >= 4 is 11.6 Å². The zero-order chi connectivity index (χ0) is 16.2. The van der Waals surface area contributed by atoms with E-state index >= 15 is 0 Å². The smallest absolute Gasteiger partial charge is 0.226 e. The van der Waals surface area contributed by atoms with Gasteiger partial charge in [0, 0.05) is 31.3 Å². The van der Waals surface area contributed by atoms with Gasteiger partial charge in [-0.25, -0.2) is 0 Å². The van der Waals surface area contributed by atoms with Gasteiger partial charge in [-0.05, 0) is 18.6 Å². The molecule has 8 nitrogen and oxygen atoms in total. The van der Waals surface area contributed by atoms with Gasteiger partial charge in [0.2, 0.25) is 5.91 Å². The molecule has 3 rings (SSSR count). The van der Waals surface area contributed by atoms with E-state index in [0.29, 0.717) is 13.0 Å². The molecule has 1 aromatic carbocycles. The van der Waals surface area contributed by atoms with Crippen molar-refractivity contribution in [1.82, 2.24) is 29.5 Å². The summed E-state index contributed by atoms with van der Waals surface area (Å²) in [6.45, 7) is 2.50. The minimum atomic E-state index is -0.0584. The molecule has 0 bridgehead atoms. The lowest BCUT2D eigenvalue weighted by atomic mass is 10.1. The number of hydrogen-bond acceptors (Lipinski definition) is 5. The van der Waals surface area contributed by atoms with E-state index in [4.69, 9.17) is 0 Å². The average molecular weight is 311 g/mol. The number of carbonyl (C=O) groups excluding carboxylic acids is 1. The van der Waals surface area contributed by atoms with Crippen molar-refractivity contribution in [1.29, 1.82) is 0 Å². The molecule has 1 amide bonds. The number of carbonyl (C=O) groups is 1. The van der Waals surface area contributed by atoms with Gasteiger partial charge >= 0.3 is 0 Å². The number of nitrogens with zero attached hydrogens (tertiary/aromatic N) is 6. The first-order chi connectivity index (χ1) is 11.1. The summed E-state index contributed by atoms with van der Waals surface area (Å²) in [5.74, 6) is 0.708. The van der Waals surface area contributed by atoms with Gasteiger partial charge in [-0.2, -0.15) is 0 Å². The molecule has 0 saturated heterocycles. The van der Waals surface area contributed by atoms with E-state index in [9.17, 15) is 4.79 Å². The Hall–Kier alpha value is -3.03. The molecule has 8 heteroatoms. The SMILES string of the molecule is Cc1c(NC(=O)CCn2cnnc2)cccc1-c1nncn1C. The molecule has 1 N–H and O–H groups in total. The number of amides is 1. The standard InChI is InChI=1S/C15H17N7O/c1-11-12(15-20-18-8-21(15)2)4-3-5-13(11)19-14(23)6-7-22-9-16-17-10-22/h3-5,8-10H,6-7H2,1-2H3,(H,19,23). The molecule has 0 fully saturated rings. The van der Waals surface area contributed by atoms with Crippen LogP contribution in [0, 0.1) is 6.92 Å². The first-order valence-corrected chi connectivity index (χ1v) is 7.21. The third-order valence-corrected chi connectivity index (χ3v) is 3.62. The minimum absolute atomic E-state index is 0.0584. The molecule has 118 valence electrons. The highest BCUT2D eigenvalue weighted by Gasteiger charge is 2.12. The van der Waals surface area contributed by atoms with Gasteiger partial charge in [-0.3, -0.25) is 4.79 Å². The number of aryl methyl sites for hydroxylation is 2. The molecule has 23 heavy (non-hydrogen) atoms. The summed E-state index contributed by atoms with van der Waals surface area (Å²) in [5.41, 5.74) is 2.68. The van der Waals surface area contributed by atoms with E-state index in [1.807, 2.05) is 36.7 Å². The van der Waals surface area contributed by atoms with Crippen LogP contribution in [-0.4, -0.2) is 35.4 Å². The molecule has 2 aromatic heterocycles. The Bertz CT molecular complexity index is 807. The highest BCUT2D eigenvalue weighted by molar-refractivity contribution is 5.92. The number of benzene rings is 1. The number of nitrogens with one attached hydrogen (secondary N) is 1. The topological polar surface area (TPSA) is 90.5 Å². The maximum absolute atomic E-state index is 12.1. The van der Waals surface area contributed by atoms with Gasteiger partial charge in [0.25, 0.3) is 0 Å². The van der Waals surface area contributed by atoms with E-state index in [-0.39, 0.29) is 5.91 Å². The average Bonchev–Trinajstić information content (AvgIpc) is 3.19. The van der Waals surface area contributed by atoms with Crippen molar-refractivity contribution in [3.05, 3.63) is 42.7 Å². The zero-order valence-electron chi connectivity index (χ0n) is 13.0. The summed E-state index contributed by atoms with van der Waals surface area (Å²) < 4.78 is 3.61. The van der Waals surface area contributed by atoms with Crippen LogP contribution >= 0.6 is 0 Å². The first kappa shape index (κ1) is 14.9. The summed E-state index contributed by atoms with van der Waals surface area (Å²) in [6, 6.07) is 5.74. The van der Waals surface area contributed by atoms with Gasteiger partial charge in [0.05, 0.1) is 0 Å². The van der Waals surface area contributed by atoms with Gasteiger partial charge in [0.15, 0.2) is 5.82 Å². The molecule has 0 unspecified atom stereocenters. The van der Waals surface area contributed by atoms with Crippen LogP contribution < -0.4 is 5.32 Å². The Labute approximate surface area is 133 Å². The molecule has 2 heterocycles. The van der Waals surface area contributed by atoms with Crippen molar-refractivity contribution in [3.63, 3.8) is 0 Å². The zero-order valence-corrected chi connectivity index (χ0v) is 13.0. The molecular formula is C15H17N7O. The molecule has 0 spiro atoms. The summed E-state index contributed by atoms with van der Waals surface area (Å²) in [5, 5.41) is 18.4. The van der Waals surface area contributed by atoms with E-state index in [0.717, 1.165) is 22.6 Å². The van der Waals surface area contributed by atoms with Gasteiger partial charge in [0.1, 0.15) is 19.0 Å². The Kier molecular flexibility index (Phi) is 4.13. The third kappa shape index (κ3) is 3.25. The fourth-order valence-electron chi connectivity index (χ4n) is 2.32. The normalized spacial score (nSPS) is 10.7. The number of rotatable bonds is 5. The first-order valence-electron chi connectivity index (χ1n) is 7.21. The van der Waals surface area contributed by atoms with Crippen molar-refractivity contribution in [2.24, 2.45) is 7.05 Å². The Morgan fingerprint density at radius 1 is 1.17 bits per heavy atom. The molecule has 3 aromatic rings. The number of aromatic nitrogens is 6. The lowest BCUT2D eigenvalue weighted by Gasteiger charge is -2.12. The van der Waals surface area contributed by atoms with Crippen LogP contribution in [0.1, 0.15) is 12.0 Å². The molecular weight excluding hydrogens is 294 g/mol. The third-order valence-electron chi connectivity index (χ3n) is 3.62. The minimum Gasteiger partial charge on any atom is -0.326 e. The van der Waals surface area contributed by atoms with Gasteiger partial charge in [-0.1, -0.05) is 12.1 Å². The molecule has 0 aliphatic rings. The summed E-state index contributed by atoms with van der Waals surface area (Å²) in [6.07, 6.45) is 5.19. The number of anilines is 1. The molecule has 0 aliphatic heterocycles. The van der Waals surface area contributed by atoms with Crippen molar-refractivity contribution in [2.75, 3.05) is 5.32 Å². The van der Waals surface area contributed by atoms with E-state index in [1.165, 1.54) is 0 Å². The second-order valence-corrected chi connectivity index (χ2v) is 5.24.